The van der Waals surface area contributed by atoms with Crippen molar-refractivity contribution >= 4 is 11.6 Å². The Balaban J connectivity index is 2.08. The van der Waals surface area contributed by atoms with Crippen LogP contribution >= 0.6 is 0 Å². The van der Waals surface area contributed by atoms with E-state index in [1.54, 1.807) is 12.1 Å². The molecule has 0 aliphatic carbocycles. The molecule has 0 radical (unpaired) electrons. The van der Waals surface area contributed by atoms with Crippen LogP contribution in [0.4, 0.5) is 10.1 Å². The number of ether oxygens (including phenoxy) is 1. The van der Waals surface area contributed by atoms with Gasteiger partial charge >= 0.3 is 0 Å². The van der Waals surface area contributed by atoms with Gasteiger partial charge in [0, 0.05) is 13.1 Å². The Hall–Kier alpha value is -1.50. The van der Waals surface area contributed by atoms with Gasteiger partial charge in [-0.2, -0.15) is 0 Å². The minimum Gasteiger partial charge on any atom is -0.379 e. The molecule has 112 valence electrons. The van der Waals surface area contributed by atoms with Crippen LogP contribution in [0, 0.1) is 5.82 Å². The van der Waals surface area contributed by atoms with Gasteiger partial charge < -0.3 is 20.3 Å². The monoisotopic (exact) mass is 283 g/mol. The molecular formula is C14H22FN3O2. The number of rotatable bonds is 9. The number of anilines is 1. The summed E-state index contributed by atoms with van der Waals surface area (Å²) in [5, 5.41) is 5.44. The first-order valence-corrected chi connectivity index (χ1v) is 6.57. The molecule has 6 heteroatoms. The normalized spacial score (nSPS) is 10.8. The molecule has 0 aliphatic heterocycles. The second-order valence-electron chi connectivity index (χ2n) is 4.62. The predicted molar refractivity (Wildman–Crippen MR) is 77.3 cm³/mol. The standard InChI is InChI=1S/C14H22FN3O2/c1-18(2)8-10-20-9-7-16-11-14(19)17-13-6-4-3-5-12(13)15/h3-6,16H,7-11H2,1-2H3,(H,17,19). The van der Waals surface area contributed by atoms with Crippen LogP contribution in [-0.4, -0.2) is 57.8 Å². The van der Waals surface area contributed by atoms with Crippen LogP contribution in [0.1, 0.15) is 0 Å². The van der Waals surface area contributed by atoms with Crippen molar-refractivity contribution in [3.8, 4) is 0 Å². The molecular weight excluding hydrogens is 261 g/mol. The van der Waals surface area contributed by atoms with E-state index in [4.69, 9.17) is 4.74 Å². The third-order valence-corrected chi connectivity index (χ3v) is 2.54. The number of carbonyl (C=O) groups is 1. The average molecular weight is 283 g/mol. The summed E-state index contributed by atoms with van der Waals surface area (Å²) in [5.74, 6) is -0.712. The molecule has 1 amide bonds. The topological polar surface area (TPSA) is 53.6 Å². The van der Waals surface area contributed by atoms with E-state index in [-0.39, 0.29) is 18.1 Å². The van der Waals surface area contributed by atoms with Crippen molar-refractivity contribution in [2.45, 2.75) is 0 Å². The number of hydrogen-bond donors (Lipinski definition) is 2. The summed E-state index contributed by atoms with van der Waals surface area (Å²) in [4.78, 5) is 13.6. The zero-order chi connectivity index (χ0) is 14.8. The van der Waals surface area contributed by atoms with Crippen molar-refractivity contribution < 1.29 is 13.9 Å². The zero-order valence-electron chi connectivity index (χ0n) is 12.0. The van der Waals surface area contributed by atoms with Gasteiger partial charge in [0.05, 0.1) is 25.4 Å². The summed E-state index contributed by atoms with van der Waals surface area (Å²) in [5.41, 5.74) is 0.196. The molecule has 1 aromatic carbocycles. The van der Waals surface area contributed by atoms with Crippen molar-refractivity contribution in [2.24, 2.45) is 0 Å². The molecule has 0 spiro atoms. The molecule has 0 heterocycles. The van der Waals surface area contributed by atoms with Crippen molar-refractivity contribution in [2.75, 3.05) is 52.3 Å². The first-order valence-electron chi connectivity index (χ1n) is 6.57. The number of amides is 1. The minimum absolute atomic E-state index is 0.130. The van der Waals surface area contributed by atoms with Gasteiger partial charge in [0.2, 0.25) is 5.91 Å². The highest BCUT2D eigenvalue weighted by Gasteiger charge is 2.05. The Morgan fingerprint density at radius 3 is 2.75 bits per heavy atom. The maximum absolute atomic E-state index is 13.3. The average Bonchev–Trinajstić information content (AvgIpc) is 2.40. The van der Waals surface area contributed by atoms with Gasteiger partial charge in [0.1, 0.15) is 5.82 Å². The lowest BCUT2D eigenvalue weighted by molar-refractivity contribution is -0.115. The lowest BCUT2D eigenvalue weighted by Gasteiger charge is -2.10. The SMILES string of the molecule is CN(C)CCOCCNCC(=O)Nc1ccccc1F. The van der Waals surface area contributed by atoms with Crippen molar-refractivity contribution in [3.63, 3.8) is 0 Å². The van der Waals surface area contributed by atoms with Crippen LogP contribution in [0.25, 0.3) is 0 Å². The molecule has 5 nitrogen and oxygen atoms in total. The third kappa shape index (κ3) is 7.18. The van der Waals surface area contributed by atoms with Crippen molar-refractivity contribution in [1.82, 2.24) is 10.2 Å². The largest absolute Gasteiger partial charge is 0.379 e. The minimum atomic E-state index is -0.437. The van der Waals surface area contributed by atoms with Crippen LogP contribution in [-0.2, 0) is 9.53 Å². The van der Waals surface area contributed by atoms with Crippen LogP contribution in [0.2, 0.25) is 0 Å². The van der Waals surface area contributed by atoms with E-state index in [2.05, 4.69) is 10.6 Å². The number of hydrogen-bond acceptors (Lipinski definition) is 4. The summed E-state index contributed by atoms with van der Waals surface area (Å²) >= 11 is 0. The van der Waals surface area contributed by atoms with E-state index < -0.39 is 5.82 Å². The summed E-state index contributed by atoms with van der Waals surface area (Å²) in [7, 11) is 3.96. The molecule has 0 atom stereocenters. The number of nitrogens with one attached hydrogen (secondary N) is 2. The van der Waals surface area contributed by atoms with Crippen molar-refractivity contribution in [1.29, 1.82) is 0 Å². The molecule has 0 unspecified atom stereocenters. The molecule has 1 aromatic rings. The second-order valence-corrected chi connectivity index (χ2v) is 4.62. The Kier molecular flexibility index (Phi) is 7.79. The highest BCUT2D eigenvalue weighted by atomic mass is 19.1. The van der Waals surface area contributed by atoms with E-state index in [0.717, 1.165) is 6.54 Å². The summed E-state index contributed by atoms with van der Waals surface area (Å²) in [6, 6.07) is 6.08. The number of halogens is 1. The van der Waals surface area contributed by atoms with E-state index in [9.17, 15) is 9.18 Å². The number of para-hydroxylation sites is 1. The van der Waals surface area contributed by atoms with Crippen LogP contribution < -0.4 is 10.6 Å². The maximum Gasteiger partial charge on any atom is 0.238 e. The van der Waals surface area contributed by atoms with Crippen LogP contribution in [0.5, 0.6) is 0 Å². The molecule has 1 rings (SSSR count). The van der Waals surface area contributed by atoms with Gasteiger partial charge in [-0.05, 0) is 26.2 Å². The summed E-state index contributed by atoms with van der Waals surface area (Å²) in [6.45, 7) is 2.79. The fraction of sp³-hybridized carbons (Fsp3) is 0.500. The third-order valence-electron chi connectivity index (χ3n) is 2.54. The summed E-state index contributed by atoms with van der Waals surface area (Å²) < 4.78 is 18.7. The lowest BCUT2D eigenvalue weighted by atomic mass is 10.3. The molecule has 0 saturated carbocycles. The lowest BCUT2D eigenvalue weighted by Crippen LogP contribution is -2.31. The Bertz CT molecular complexity index is 413. The van der Waals surface area contributed by atoms with E-state index in [1.807, 2.05) is 19.0 Å². The molecule has 0 fully saturated rings. The number of benzene rings is 1. The molecule has 2 N–H and O–H groups in total. The molecule has 0 bridgehead atoms. The quantitative estimate of drug-likeness (QED) is 0.662. The number of carbonyl (C=O) groups excluding carboxylic acids is 1. The van der Waals surface area contributed by atoms with Gasteiger partial charge in [0.15, 0.2) is 0 Å². The Morgan fingerprint density at radius 2 is 2.05 bits per heavy atom. The van der Waals surface area contributed by atoms with Gasteiger partial charge in [-0.25, -0.2) is 4.39 Å². The van der Waals surface area contributed by atoms with Gasteiger partial charge in [-0.3, -0.25) is 4.79 Å². The van der Waals surface area contributed by atoms with Gasteiger partial charge in [-0.15, -0.1) is 0 Å². The van der Waals surface area contributed by atoms with Gasteiger partial charge in [0.25, 0.3) is 0 Å². The van der Waals surface area contributed by atoms with Crippen molar-refractivity contribution in [3.05, 3.63) is 30.1 Å². The van der Waals surface area contributed by atoms with Gasteiger partial charge in [-0.1, -0.05) is 12.1 Å². The first kappa shape index (κ1) is 16.6. The molecule has 0 saturated heterocycles. The zero-order valence-corrected chi connectivity index (χ0v) is 12.0. The molecule has 20 heavy (non-hydrogen) atoms. The van der Waals surface area contributed by atoms with E-state index in [0.29, 0.717) is 19.8 Å². The fourth-order valence-corrected chi connectivity index (χ4v) is 1.45. The smallest absolute Gasteiger partial charge is 0.238 e. The maximum atomic E-state index is 13.3. The number of nitrogens with zero attached hydrogens (tertiary/aromatic N) is 1. The molecule has 0 aliphatic rings. The van der Waals surface area contributed by atoms with E-state index in [1.165, 1.54) is 12.1 Å². The number of likely N-dealkylation sites (N-methyl/N-ethyl adjacent to an activating group) is 1. The fourth-order valence-electron chi connectivity index (χ4n) is 1.45. The van der Waals surface area contributed by atoms with Crippen LogP contribution in [0.3, 0.4) is 0 Å². The Labute approximate surface area is 119 Å². The second kappa shape index (κ2) is 9.41. The first-order chi connectivity index (χ1) is 9.59. The molecule has 0 aromatic heterocycles. The summed E-state index contributed by atoms with van der Waals surface area (Å²) in [6.07, 6.45) is 0. The Morgan fingerprint density at radius 1 is 1.30 bits per heavy atom. The van der Waals surface area contributed by atoms with E-state index >= 15 is 0 Å². The van der Waals surface area contributed by atoms with Crippen LogP contribution in [0.15, 0.2) is 24.3 Å². The highest BCUT2D eigenvalue weighted by molar-refractivity contribution is 5.92. The predicted octanol–water partition coefficient (Wildman–Crippen LogP) is 0.932. The highest BCUT2D eigenvalue weighted by Crippen LogP contribution is 2.11.